The number of nitrogens with zero attached hydrogens (tertiary/aromatic N) is 1. The van der Waals surface area contributed by atoms with Crippen molar-refractivity contribution < 1.29 is 9.72 Å². The number of amides is 1. The van der Waals surface area contributed by atoms with Crippen LogP contribution in [-0.4, -0.2) is 10.8 Å². The van der Waals surface area contributed by atoms with Crippen LogP contribution in [0.2, 0.25) is 0 Å². The van der Waals surface area contributed by atoms with Crippen LogP contribution in [0.1, 0.15) is 15.9 Å². The molecule has 0 aliphatic rings. The van der Waals surface area contributed by atoms with E-state index in [1.54, 1.807) is 42.5 Å². The lowest BCUT2D eigenvalue weighted by Gasteiger charge is -2.08. The standard InChI is InChI=1S/C14H13N3O3/c15-14(18)10-5-3-6-12(8-10)16-9-11-4-1-2-7-13(11)17(19)20/h1-8,16H,9H2,(H2,15,18). The molecule has 20 heavy (non-hydrogen) atoms. The molecule has 0 bridgehead atoms. The fraction of sp³-hybridized carbons (Fsp3) is 0.0714. The van der Waals surface area contributed by atoms with E-state index in [0.717, 1.165) is 0 Å². The zero-order valence-corrected chi connectivity index (χ0v) is 10.6. The van der Waals surface area contributed by atoms with E-state index in [-0.39, 0.29) is 5.69 Å². The summed E-state index contributed by atoms with van der Waals surface area (Å²) in [6.45, 7) is 0.291. The predicted octanol–water partition coefficient (Wildman–Crippen LogP) is 2.31. The predicted molar refractivity (Wildman–Crippen MR) is 75.4 cm³/mol. The number of nitro benzene ring substituents is 1. The first kappa shape index (κ1) is 13.5. The van der Waals surface area contributed by atoms with Crippen LogP contribution >= 0.6 is 0 Å². The molecule has 0 heterocycles. The minimum Gasteiger partial charge on any atom is -0.381 e. The second-order valence-corrected chi connectivity index (χ2v) is 4.18. The molecular weight excluding hydrogens is 258 g/mol. The van der Waals surface area contributed by atoms with E-state index in [4.69, 9.17) is 5.73 Å². The second-order valence-electron chi connectivity index (χ2n) is 4.18. The zero-order chi connectivity index (χ0) is 14.5. The van der Waals surface area contributed by atoms with E-state index in [9.17, 15) is 14.9 Å². The molecule has 0 saturated heterocycles. The molecule has 0 aromatic heterocycles. The summed E-state index contributed by atoms with van der Waals surface area (Å²) in [5.74, 6) is -0.514. The summed E-state index contributed by atoms with van der Waals surface area (Å²) in [5.41, 5.74) is 6.90. The first-order chi connectivity index (χ1) is 9.58. The van der Waals surface area contributed by atoms with Gasteiger partial charge in [-0.1, -0.05) is 24.3 Å². The highest BCUT2D eigenvalue weighted by molar-refractivity contribution is 5.93. The van der Waals surface area contributed by atoms with Crippen molar-refractivity contribution in [1.29, 1.82) is 0 Å². The van der Waals surface area contributed by atoms with E-state index in [2.05, 4.69) is 5.32 Å². The lowest BCUT2D eigenvalue weighted by atomic mass is 10.1. The van der Waals surface area contributed by atoms with Gasteiger partial charge in [0.05, 0.1) is 4.92 Å². The largest absolute Gasteiger partial charge is 0.381 e. The normalized spacial score (nSPS) is 10.0. The lowest BCUT2D eigenvalue weighted by Crippen LogP contribution is -2.11. The van der Waals surface area contributed by atoms with Crippen molar-refractivity contribution in [2.45, 2.75) is 6.54 Å². The van der Waals surface area contributed by atoms with Crippen molar-refractivity contribution in [3.05, 3.63) is 69.8 Å². The molecule has 0 unspecified atom stereocenters. The Morgan fingerprint density at radius 1 is 1.20 bits per heavy atom. The third-order valence-electron chi connectivity index (χ3n) is 2.82. The van der Waals surface area contributed by atoms with Gasteiger partial charge in [0.25, 0.3) is 5.69 Å². The summed E-state index contributed by atoms with van der Waals surface area (Å²) in [7, 11) is 0. The lowest BCUT2D eigenvalue weighted by molar-refractivity contribution is -0.385. The first-order valence-electron chi connectivity index (χ1n) is 5.94. The molecule has 2 aromatic carbocycles. The van der Waals surface area contributed by atoms with Crippen molar-refractivity contribution in [3.8, 4) is 0 Å². The molecule has 0 atom stereocenters. The minimum atomic E-state index is -0.514. The number of anilines is 1. The average molecular weight is 271 g/mol. The van der Waals surface area contributed by atoms with Crippen LogP contribution in [0.3, 0.4) is 0 Å². The topological polar surface area (TPSA) is 98.3 Å². The summed E-state index contributed by atoms with van der Waals surface area (Å²) in [5, 5.41) is 13.9. The Morgan fingerprint density at radius 3 is 2.65 bits per heavy atom. The van der Waals surface area contributed by atoms with Crippen LogP contribution in [0.15, 0.2) is 48.5 Å². The molecule has 1 amide bonds. The van der Waals surface area contributed by atoms with Gasteiger partial charge in [-0.2, -0.15) is 0 Å². The van der Waals surface area contributed by atoms with Crippen LogP contribution < -0.4 is 11.1 Å². The summed E-state index contributed by atoms with van der Waals surface area (Å²) in [6.07, 6.45) is 0. The Balaban J connectivity index is 2.15. The van der Waals surface area contributed by atoms with Crippen molar-refractivity contribution in [2.75, 3.05) is 5.32 Å². The highest BCUT2D eigenvalue weighted by Crippen LogP contribution is 2.19. The fourth-order valence-electron chi connectivity index (χ4n) is 1.82. The molecule has 6 heteroatoms. The smallest absolute Gasteiger partial charge is 0.274 e. The Hall–Kier alpha value is -2.89. The molecule has 0 aliphatic heterocycles. The van der Waals surface area contributed by atoms with Crippen LogP contribution in [0.4, 0.5) is 11.4 Å². The van der Waals surface area contributed by atoms with Gasteiger partial charge >= 0.3 is 0 Å². The molecule has 0 spiro atoms. The Morgan fingerprint density at radius 2 is 1.95 bits per heavy atom. The van der Waals surface area contributed by atoms with Crippen molar-refractivity contribution in [1.82, 2.24) is 0 Å². The molecule has 2 rings (SSSR count). The molecule has 0 saturated carbocycles. The number of nitrogens with two attached hydrogens (primary N) is 1. The third-order valence-corrected chi connectivity index (χ3v) is 2.82. The molecule has 0 fully saturated rings. The number of carbonyl (C=O) groups excluding carboxylic acids is 1. The number of nitro groups is 1. The molecule has 0 aliphatic carbocycles. The maximum Gasteiger partial charge on any atom is 0.274 e. The summed E-state index contributed by atoms with van der Waals surface area (Å²) in [6, 6.07) is 13.2. The molecule has 2 aromatic rings. The summed E-state index contributed by atoms with van der Waals surface area (Å²) < 4.78 is 0. The second kappa shape index (κ2) is 5.83. The highest BCUT2D eigenvalue weighted by atomic mass is 16.6. The van der Waals surface area contributed by atoms with Gasteiger partial charge in [0.1, 0.15) is 0 Å². The number of hydrogen-bond donors (Lipinski definition) is 2. The minimum absolute atomic E-state index is 0.0612. The van der Waals surface area contributed by atoms with Crippen LogP contribution in [-0.2, 0) is 6.54 Å². The van der Waals surface area contributed by atoms with Gasteiger partial charge in [0, 0.05) is 29.4 Å². The first-order valence-corrected chi connectivity index (χ1v) is 5.94. The number of benzene rings is 2. The van der Waals surface area contributed by atoms with Gasteiger partial charge in [-0.25, -0.2) is 0 Å². The van der Waals surface area contributed by atoms with E-state index >= 15 is 0 Å². The monoisotopic (exact) mass is 271 g/mol. The highest BCUT2D eigenvalue weighted by Gasteiger charge is 2.11. The van der Waals surface area contributed by atoms with Gasteiger partial charge in [-0.15, -0.1) is 0 Å². The van der Waals surface area contributed by atoms with E-state index in [0.29, 0.717) is 23.4 Å². The van der Waals surface area contributed by atoms with Gasteiger partial charge in [-0.05, 0) is 18.2 Å². The Kier molecular flexibility index (Phi) is 3.95. The molecular formula is C14H13N3O3. The number of rotatable bonds is 5. The van der Waals surface area contributed by atoms with Crippen molar-refractivity contribution >= 4 is 17.3 Å². The molecule has 6 nitrogen and oxygen atoms in total. The molecule has 3 N–H and O–H groups in total. The number of carbonyl (C=O) groups is 1. The van der Waals surface area contributed by atoms with Gasteiger partial charge in [0.2, 0.25) is 5.91 Å². The number of hydrogen-bond acceptors (Lipinski definition) is 4. The SMILES string of the molecule is NC(=O)c1cccc(NCc2ccccc2[N+](=O)[O-])c1. The quantitative estimate of drug-likeness (QED) is 0.644. The van der Waals surface area contributed by atoms with Crippen molar-refractivity contribution in [3.63, 3.8) is 0 Å². The van der Waals surface area contributed by atoms with Crippen LogP contribution in [0.5, 0.6) is 0 Å². The van der Waals surface area contributed by atoms with Crippen LogP contribution in [0, 0.1) is 10.1 Å². The molecule has 0 radical (unpaired) electrons. The maximum absolute atomic E-state index is 11.1. The van der Waals surface area contributed by atoms with Gasteiger partial charge in [-0.3, -0.25) is 14.9 Å². The van der Waals surface area contributed by atoms with Gasteiger partial charge in [0.15, 0.2) is 0 Å². The maximum atomic E-state index is 11.1. The summed E-state index contributed by atoms with van der Waals surface area (Å²) in [4.78, 5) is 21.5. The summed E-state index contributed by atoms with van der Waals surface area (Å²) >= 11 is 0. The molecule has 102 valence electrons. The third kappa shape index (κ3) is 3.11. The zero-order valence-electron chi connectivity index (χ0n) is 10.6. The number of primary amides is 1. The van der Waals surface area contributed by atoms with Crippen molar-refractivity contribution in [2.24, 2.45) is 5.73 Å². The Labute approximate surface area is 115 Å². The van der Waals surface area contributed by atoms with Gasteiger partial charge < -0.3 is 11.1 Å². The number of para-hydroxylation sites is 1. The Bertz CT molecular complexity index is 656. The van der Waals surface area contributed by atoms with E-state index in [1.807, 2.05) is 0 Å². The van der Waals surface area contributed by atoms with Crippen LogP contribution in [0.25, 0.3) is 0 Å². The van der Waals surface area contributed by atoms with E-state index in [1.165, 1.54) is 6.07 Å². The number of nitrogens with one attached hydrogen (secondary N) is 1. The average Bonchev–Trinajstić information content (AvgIpc) is 2.45. The van der Waals surface area contributed by atoms with E-state index < -0.39 is 10.8 Å². The fourth-order valence-corrected chi connectivity index (χ4v) is 1.82.